The Morgan fingerprint density at radius 2 is 0.222 bits per heavy atom. The fourth-order valence-corrected chi connectivity index (χ4v) is 0. The Kier molecular flexibility index (Phi) is 1520. The van der Waals surface area contributed by atoms with E-state index < -0.39 is 0 Å². The third-order valence-corrected chi connectivity index (χ3v) is 0. The molecule has 0 saturated heterocycles. The van der Waals surface area contributed by atoms with Crippen LogP contribution in [-0.2, 0) is 0 Å². The maximum Gasteiger partial charge on any atom is 2.00 e. The van der Waals surface area contributed by atoms with Crippen LogP contribution in [-0.4, -0.2) is 146 Å². The third kappa shape index (κ3) is 83.8. The molecule has 0 aromatic rings. The van der Waals surface area contributed by atoms with Crippen LogP contribution in [0, 0.1) is 0 Å². The first kappa shape index (κ1) is 133. The van der Waals surface area contributed by atoms with Crippen molar-refractivity contribution >= 4 is 113 Å². The monoisotopic (exact) mass is 222 g/mol. The standard InChI is InChI=1S/3Ca.6H2O/h;;;6*1H2/q3*+2;;;;;;/p-6. The summed E-state index contributed by atoms with van der Waals surface area (Å²) in [5.74, 6) is 0. The molecule has 0 aromatic carbocycles. The Hall–Kier alpha value is 3.54. The molecule has 0 aliphatic heterocycles. The van der Waals surface area contributed by atoms with Crippen molar-refractivity contribution in [2.24, 2.45) is 0 Å². The summed E-state index contributed by atoms with van der Waals surface area (Å²) in [7, 11) is 0. The molecule has 6 N–H and O–H groups in total. The van der Waals surface area contributed by atoms with E-state index in [4.69, 9.17) is 0 Å². The summed E-state index contributed by atoms with van der Waals surface area (Å²) in [6.07, 6.45) is 0. The van der Waals surface area contributed by atoms with Gasteiger partial charge in [0.2, 0.25) is 0 Å². The second kappa shape index (κ2) is 102. The molecule has 0 amide bonds. The van der Waals surface area contributed by atoms with Crippen molar-refractivity contribution in [2.75, 3.05) is 0 Å². The molecule has 0 bridgehead atoms. The first-order chi connectivity index (χ1) is 0. The summed E-state index contributed by atoms with van der Waals surface area (Å²) in [4.78, 5) is 0. The third-order valence-electron chi connectivity index (χ3n) is 0. The van der Waals surface area contributed by atoms with Gasteiger partial charge in [-0.05, 0) is 0 Å². The molecule has 0 rings (SSSR count). The van der Waals surface area contributed by atoms with E-state index in [-0.39, 0.29) is 146 Å². The van der Waals surface area contributed by atoms with Crippen molar-refractivity contribution in [3.8, 4) is 0 Å². The van der Waals surface area contributed by atoms with Crippen molar-refractivity contribution in [1.29, 1.82) is 0 Å². The van der Waals surface area contributed by atoms with Gasteiger partial charge in [-0.2, -0.15) is 0 Å². The van der Waals surface area contributed by atoms with Crippen molar-refractivity contribution < 1.29 is 32.9 Å². The first-order valence-corrected chi connectivity index (χ1v) is 0. The van der Waals surface area contributed by atoms with Gasteiger partial charge in [0.1, 0.15) is 0 Å². The molecule has 9 heteroatoms. The van der Waals surface area contributed by atoms with Crippen LogP contribution in [0.25, 0.3) is 0 Å². The van der Waals surface area contributed by atoms with Gasteiger partial charge in [0, 0.05) is 0 Å². The van der Waals surface area contributed by atoms with Crippen LogP contribution in [0.1, 0.15) is 0 Å². The average molecular weight is 222 g/mol. The minimum Gasteiger partial charge on any atom is -0.870 e. The van der Waals surface area contributed by atoms with Crippen molar-refractivity contribution in [3.63, 3.8) is 0 Å². The van der Waals surface area contributed by atoms with Gasteiger partial charge >= 0.3 is 113 Å². The van der Waals surface area contributed by atoms with Gasteiger partial charge in [-0.15, -0.1) is 0 Å². The van der Waals surface area contributed by atoms with Gasteiger partial charge in [-0.25, -0.2) is 0 Å². The average Bonchev–Trinajstić information content (AvgIpc) is 0. The molecule has 0 unspecified atom stereocenters. The van der Waals surface area contributed by atoms with Gasteiger partial charge in [-0.1, -0.05) is 0 Å². The van der Waals surface area contributed by atoms with Crippen LogP contribution >= 0.6 is 0 Å². The Morgan fingerprint density at radius 1 is 0.222 bits per heavy atom. The summed E-state index contributed by atoms with van der Waals surface area (Å²) in [6, 6.07) is 0. The van der Waals surface area contributed by atoms with E-state index in [2.05, 4.69) is 0 Å². The predicted molar refractivity (Wildman–Crippen MR) is 28.9 cm³/mol. The van der Waals surface area contributed by atoms with Gasteiger partial charge in [0.15, 0.2) is 0 Å². The minimum atomic E-state index is 0. The molecule has 0 radical (unpaired) electrons. The molecule has 0 saturated carbocycles. The SMILES string of the molecule is [Ca+2].[Ca+2].[Ca+2].[OH-].[OH-].[OH-].[OH-].[OH-].[OH-]. The van der Waals surface area contributed by atoms with E-state index in [1.165, 1.54) is 0 Å². The molecule has 0 atom stereocenters. The van der Waals surface area contributed by atoms with Crippen molar-refractivity contribution in [1.82, 2.24) is 0 Å². The zero-order valence-electron chi connectivity index (χ0n) is 4.80. The maximum absolute atomic E-state index is 0. The minimum absolute atomic E-state index is 0. The zero-order chi connectivity index (χ0) is 0. The molecule has 0 fully saturated rings. The van der Waals surface area contributed by atoms with E-state index in [0.29, 0.717) is 0 Å². The van der Waals surface area contributed by atoms with Crippen LogP contribution in [0.5, 0.6) is 0 Å². The first-order valence-electron chi connectivity index (χ1n) is 0. The second-order valence-electron chi connectivity index (χ2n) is 0. The number of rotatable bonds is 0. The summed E-state index contributed by atoms with van der Waals surface area (Å²) in [6.45, 7) is 0. The van der Waals surface area contributed by atoms with E-state index in [1.54, 1.807) is 0 Å². The Labute approximate surface area is 143 Å². The van der Waals surface area contributed by atoms with Crippen LogP contribution in [0.3, 0.4) is 0 Å². The van der Waals surface area contributed by atoms with E-state index in [1.807, 2.05) is 0 Å². The number of hydrogen-bond donors (Lipinski definition) is 0. The van der Waals surface area contributed by atoms with Gasteiger partial charge in [0.05, 0.1) is 0 Å². The van der Waals surface area contributed by atoms with Gasteiger partial charge in [0.25, 0.3) is 0 Å². The van der Waals surface area contributed by atoms with E-state index in [0.717, 1.165) is 0 Å². The Bertz CT molecular complexity index is 8.26. The summed E-state index contributed by atoms with van der Waals surface area (Å²) >= 11 is 0. The predicted octanol–water partition coefficient (Wildman–Crippen LogP) is -2.20. The molecule has 0 aromatic heterocycles. The molecule has 0 aliphatic rings. The molecule has 0 spiro atoms. The summed E-state index contributed by atoms with van der Waals surface area (Å²) < 4.78 is 0. The summed E-state index contributed by atoms with van der Waals surface area (Å²) in [5, 5.41) is 0. The van der Waals surface area contributed by atoms with Crippen molar-refractivity contribution in [2.45, 2.75) is 0 Å². The largest absolute Gasteiger partial charge is 2.00 e. The normalized spacial score (nSPS) is 0. The Morgan fingerprint density at radius 3 is 0.222 bits per heavy atom. The maximum atomic E-state index is 0. The molecule has 0 heterocycles. The second-order valence-corrected chi connectivity index (χ2v) is 0. The fraction of sp³-hybridized carbons (Fsp3) is 0. The fourth-order valence-electron chi connectivity index (χ4n) is 0. The number of hydrogen-bond acceptors (Lipinski definition) is 6. The molecular formula is H6Ca3O6. The van der Waals surface area contributed by atoms with Gasteiger partial charge in [-0.3, -0.25) is 0 Å². The van der Waals surface area contributed by atoms with Crippen LogP contribution in [0.4, 0.5) is 0 Å². The molecule has 48 valence electrons. The zero-order valence-corrected chi connectivity index (χ0v) is 11.4. The van der Waals surface area contributed by atoms with E-state index >= 15 is 0 Å². The quantitative estimate of drug-likeness (QED) is 0.419. The molecule has 0 aliphatic carbocycles. The van der Waals surface area contributed by atoms with Crippen molar-refractivity contribution in [3.05, 3.63) is 0 Å². The molecule has 9 heavy (non-hydrogen) atoms. The Balaban J connectivity index is 0. The van der Waals surface area contributed by atoms with Crippen LogP contribution in [0.15, 0.2) is 0 Å². The smallest absolute Gasteiger partial charge is 0.870 e. The van der Waals surface area contributed by atoms with E-state index in [9.17, 15) is 0 Å². The van der Waals surface area contributed by atoms with Crippen LogP contribution < -0.4 is 0 Å². The summed E-state index contributed by atoms with van der Waals surface area (Å²) in [5.41, 5.74) is 0. The van der Waals surface area contributed by atoms with Crippen LogP contribution in [0.2, 0.25) is 0 Å². The topological polar surface area (TPSA) is 180 Å². The molecular weight excluding hydrogens is 216 g/mol. The van der Waals surface area contributed by atoms with Gasteiger partial charge < -0.3 is 32.9 Å². The molecule has 6 nitrogen and oxygen atoms in total.